The lowest BCUT2D eigenvalue weighted by Crippen LogP contribution is -2.15. The second-order valence-corrected chi connectivity index (χ2v) is 6.11. The summed E-state index contributed by atoms with van der Waals surface area (Å²) in [6, 6.07) is 12.1. The third-order valence-corrected chi connectivity index (χ3v) is 4.64. The Morgan fingerprint density at radius 3 is 2.55 bits per heavy atom. The first-order valence-corrected chi connectivity index (χ1v) is 7.74. The highest BCUT2D eigenvalue weighted by Gasteiger charge is 2.18. The van der Waals surface area contributed by atoms with Gasteiger partial charge in [0.25, 0.3) is 0 Å². The first kappa shape index (κ1) is 13.8. The average molecular weight is 354 g/mol. The summed E-state index contributed by atoms with van der Waals surface area (Å²) in [4.78, 5) is 0.0337. The van der Waals surface area contributed by atoms with Crippen molar-refractivity contribution in [2.45, 2.75) is 11.8 Å². The highest BCUT2D eigenvalue weighted by atomic mass is 79.9. The van der Waals surface area contributed by atoms with Gasteiger partial charge in [-0.3, -0.25) is 0 Å². The molecule has 0 bridgehead atoms. The van der Waals surface area contributed by atoms with E-state index in [1.165, 1.54) is 0 Å². The molecule has 0 radical (unpaired) electrons. The summed E-state index contributed by atoms with van der Waals surface area (Å²) in [6.07, 6.45) is 0. The molecule has 2 aromatic carbocycles. The molecule has 0 aliphatic carbocycles. The Morgan fingerprint density at radius 1 is 1.05 bits per heavy atom. The minimum absolute atomic E-state index is 0.0337. The monoisotopic (exact) mass is 352 g/mol. The normalized spacial score (nSPS) is 14.9. The molecule has 2 aromatic rings. The van der Waals surface area contributed by atoms with Gasteiger partial charge in [-0.15, -0.1) is 0 Å². The summed E-state index contributed by atoms with van der Waals surface area (Å²) in [6.45, 7) is 3.23. The number of hydrogen-bond acceptors (Lipinski definition) is 2. The van der Waals surface area contributed by atoms with Crippen LogP contribution in [-0.4, -0.2) is 13.2 Å². The predicted molar refractivity (Wildman–Crippen MR) is 84.4 cm³/mol. The Bertz CT molecular complexity index is 642. The predicted octanol–water partition coefficient (Wildman–Crippen LogP) is 4.90. The van der Waals surface area contributed by atoms with Crippen LogP contribution in [0.2, 0.25) is 5.02 Å². The van der Waals surface area contributed by atoms with E-state index in [1.54, 1.807) is 0 Å². The van der Waals surface area contributed by atoms with Gasteiger partial charge >= 0.3 is 0 Å². The van der Waals surface area contributed by atoms with Crippen LogP contribution in [0.25, 0.3) is 0 Å². The zero-order chi connectivity index (χ0) is 14.1. The average Bonchev–Trinajstić information content (AvgIpc) is 2.46. The third kappa shape index (κ3) is 2.65. The molecule has 1 aliphatic rings. The lowest BCUT2D eigenvalue weighted by Gasteiger charge is -2.20. The fraction of sp³-hybridized carbons (Fsp3) is 0.250. The minimum Gasteiger partial charge on any atom is -0.486 e. The molecular formula is C16H14BrClO2. The number of ether oxygens (including phenoxy) is 2. The molecule has 4 heteroatoms. The maximum absolute atomic E-state index is 6.33. The number of rotatable bonds is 2. The van der Waals surface area contributed by atoms with Gasteiger partial charge in [-0.25, -0.2) is 0 Å². The van der Waals surface area contributed by atoms with Crippen LogP contribution in [0, 0.1) is 6.92 Å². The van der Waals surface area contributed by atoms with Crippen molar-refractivity contribution in [1.29, 1.82) is 0 Å². The Labute approximate surface area is 131 Å². The fourth-order valence-corrected chi connectivity index (χ4v) is 3.39. The van der Waals surface area contributed by atoms with Gasteiger partial charge in [0.2, 0.25) is 0 Å². The topological polar surface area (TPSA) is 18.5 Å². The molecule has 1 unspecified atom stereocenters. The quantitative estimate of drug-likeness (QED) is 0.715. The molecule has 1 heterocycles. The number of alkyl halides is 1. The van der Waals surface area contributed by atoms with Gasteiger partial charge in [0.05, 0.1) is 4.83 Å². The van der Waals surface area contributed by atoms with E-state index in [0.717, 1.165) is 33.2 Å². The fourth-order valence-electron chi connectivity index (χ4n) is 2.23. The Balaban J connectivity index is 1.95. The van der Waals surface area contributed by atoms with E-state index < -0.39 is 0 Å². The van der Waals surface area contributed by atoms with E-state index in [0.29, 0.717) is 13.2 Å². The molecule has 0 fully saturated rings. The van der Waals surface area contributed by atoms with Gasteiger partial charge in [0, 0.05) is 5.02 Å². The molecule has 0 spiro atoms. The largest absolute Gasteiger partial charge is 0.486 e. The minimum atomic E-state index is 0.0337. The molecular weight excluding hydrogens is 340 g/mol. The SMILES string of the molecule is Cc1ccc(C(Br)c2ccc3c(c2)OCCO3)c(Cl)c1. The van der Waals surface area contributed by atoms with Crippen molar-refractivity contribution >= 4 is 27.5 Å². The van der Waals surface area contributed by atoms with Gasteiger partial charge in [-0.1, -0.05) is 45.7 Å². The van der Waals surface area contributed by atoms with Crippen molar-refractivity contribution < 1.29 is 9.47 Å². The van der Waals surface area contributed by atoms with Crippen LogP contribution in [0.3, 0.4) is 0 Å². The van der Waals surface area contributed by atoms with E-state index in [-0.39, 0.29) is 4.83 Å². The van der Waals surface area contributed by atoms with Crippen molar-refractivity contribution in [1.82, 2.24) is 0 Å². The van der Waals surface area contributed by atoms with Crippen LogP contribution in [0.4, 0.5) is 0 Å². The highest BCUT2D eigenvalue weighted by Crippen LogP contribution is 2.39. The second kappa shape index (κ2) is 5.66. The van der Waals surface area contributed by atoms with E-state index in [2.05, 4.69) is 22.0 Å². The van der Waals surface area contributed by atoms with Crippen LogP contribution >= 0.6 is 27.5 Å². The highest BCUT2D eigenvalue weighted by molar-refractivity contribution is 9.09. The summed E-state index contributed by atoms with van der Waals surface area (Å²) >= 11 is 10.0. The van der Waals surface area contributed by atoms with Gasteiger partial charge in [0.1, 0.15) is 13.2 Å². The first-order valence-electron chi connectivity index (χ1n) is 6.45. The molecule has 0 amide bonds. The maximum Gasteiger partial charge on any atom is 0.161 e. The van der Waals surface area contributed by atoms with Gasteiger partial charge in [-0.05, 0) is 41.8 Å². The second-order valence-electron chi connectivity index (χ2n) is 4.79. The van der Waals surface area contributed by atoms with Crippen LogP contribution < -0.4 is 9.47 Å². The van der Waals surface area contributed by atoms with Gasteiger partial charge in [-0.2, -0.15) is 0 Å². The number of benzene rings is 2. The van der Waals surface area contributed by atoms with Crippen molar-refractivity contribution in [2.24, 2.45) is 0 Å². The lowest BCUT2D eigenvalue weighted by atomic mass is 10.0. The zero-order valence-electron chi connectivity index (χ0n) is 11.0. The first-order chi connectivity index (χ1) is 9.65. The van der Waals surface area contributed by atoms with Crippen molar-refractivity contribution in [3.63, 3.8) is 0 Å². The summed E-state index contributed by atoms with van der Waals surface area (Å²) < 4.78 is 11.2. The molecule has 0 N–H and O–H groups in total. The van der Waals surface area contributed by atoms with Crippen LogP contribution in [-0.2, 0) is 0 Å². The maximum atomic E-state index is 6.33. The number of aryl methyl sites for hydroxylation is 1. The van der Waals surface area contributed by atoms with Gasteiger partial charge in [0.15, 0.2) is 11.5 Å². The molecule has 104 valence electrons. The summed E-state index contributed by atoms with van der Waals surface area (Å²) in [5.74, 6) is 1.59. The molecule has 0 saturated carbocycles. The smallest absolute Gasteiger partial charge is 0.161 e. The molecule has 2 nitrogen and oxygen atoms in total. The Hall–Kier alpha value is -1.19. The summed E-state index contributed by atoms with van der Waals surface area (Å²) in [5, 5.41) is 0.766. The third-order valence-electron chi connectivity index (χ3n) is 3.29. The molecule has 3 rings (SSSR count). The Morgan fingerprint density at radius 2 is 1.80 bits per heavy atom. The van der Waals surface area contributed by atoms with E-state index in [1.807, 2.05) is 37.3 Å². The van der Waals surface area contributed by atoms with Crippen molar-refractivity contribution in [3.05, 3.63) is 58.1 Å². The molecule has 0 saturated heterocycles. The number of fused-ring (bicyclic) bond motifs is 1. The van der Waals surface area contributed by atoms with E-state index in [4.69, 9.17) is 21.1 Å². The van der Waals surface area contributed by atoms with Gasteiger partial charge < -0.3 is 9.47 Å². The standard InChI is InChI=1S/C16H14BrClO2/c1-10-2-4-12(13(18)8-10)16(17)11-3-5-14-15(9-11)20-7-6-19-14/h2-5,8-9,16H,6-7H2,1H3. The van der Waals surface area contributed by atoms with E-state index >= 15 is 0 Å². The van der Waals surface area contributed by atoms with Crippen LogP contribution in [0.1, 0.15) is 21.5 Å². The molecule has 1 aliphatic heterocycles. The summed E-state index contributed by atoms with van der Waals surface area (Å²) in [5.41, 5.74) is 3.30. The van der Waals surface area contributed by atoms with Crippen LogP contribution in [0.15, 0.2) is 36.4 Å². The Kier molecular flexibility index (Phi) is 3.90. The molecule has 0 aromatic heterocycles. The van der Waals surface area contributed by atoms with Crippen LogP contribution in [0.5, 0.6) is 11.5 Å². The number of hydrogen-bond donors (Lipinski definition) is 0. The van der Waals surface area contributed by atoms with Crippen molar-refractivity contribution in [2.75, 3.05) is 13.2 Å². The lowest BCUT2D eigenvalue weighted by molar-refractivity contribution is 0.171. The number of halogens is 2. The molecule has 20 heavy (non-hydrogen) atoms. The summed E-state index contributed by atoms with van der Waals surface area (Å²) in [7, 11) is 0. The van der Waals surface area contributed by atoms with E-state index in [9.17, 15) is 0 Å². The zero-order valence-corrected chi connectivity index (χ0v) is 13.4. The van der Waals surface area contributed by atoms with Crippen molar-refractivity contribution in [3.8, 4) is 11.5 Å². The molecule has 1 atom stereocenters.